The van der Waals surface area contributed by atoms with Gasteiger partial charge in [-0.2, -0.15) is 0 Å². The Labute approximate surface area is 107 Å². The average Bonchev–Trinajstić information content (AvgIpc) is 2.82. The zero-order valence-electron chi connectivity index (χ0n) is 10.6. The second-order valence-electron chi connectivity index (χ2n) is 5.04. The topological polar surface area (TPSA) is 41.6 Å². The van der Waals surface area contributed by atoms with E-state index in [1.54, 1.807) is 0 Å². The number of fused-ring (bicyclic) bond motifs is 1. The highest BCUT2D eigenvalue weighted by Gasteiger charge is 2.34. The van der Waals surface area contributed by atoms with Gasteiger partial charge in [0, 0.05) is 31.2 Å². The number of hydrogen-bond acceptors (Lipinski definition) is 3. The van der Waals surface area contributed by atoms with Crippen molar-refractivity contribution in [3.63, 3.8) is 0 Å². The van der Waals surface area contributed by atoms with Gasteiger partial charge in [-0.15, -0.1) is 0 Å². The third-order valence-electron chi connectivity index (χ3n) is 3.68. The largest absolute Gasteiger partial charge is 0.492 e. The summed E-state index contributed by atoms with van der Waals surface area (Å²) in [7, 11) is 0. The highest BCUT2D eigenvalue weighted by atomic mass is 16.5. The van der Waals surface area contributed by atoms with Crippen molar-refractivity contribution in [2.45, 2.75) is 18.9 Å². The molecule has 1 aromatic carbocycles. The molecule has 0 spiro atoms. The van der Waals surface area contributed by atoms with E-state index in [4.69, 9.17) is 4.74 Å². The number of nitrogens with zero attached hydrogens (tertiary/aromatic N) is 1. The van der Waals surface area contributed by atoms with E-state index in [-0.39, 0.29) is 11.8 Å². The lowest BCUT2D eigenvalue weighted by Crippen LogP contribution is -2.52. The molecule has 2 atom stereocenters. The number of hydrogen-bond donors (Lipinski definition) is 1. The number of ether oxygens (including phenoxy) is 1. The molecule has 1 fully saturated rings. The van der Waals surface area contributed by atoms with Gasteiger partial charge in [0.1, 0.15) is 18.3 Å². The van der Waals surface area contributed by atoms with Gasteiger partial charge in [-0.3, -0.25) is 4.79 Å². The number of carbonyl (C=O) groups is 1. The van der Waals surface area contributed by atoms with Crippen LogP contribution in [0.1, 0.15) is 18.4 Å². The van der Waals surface area contributed by atoms with Gasteiger partial charge in [0.2, 0.25) is 5.91 Å². The van der Waals surface area contributed by atoms with E-state index in [9.17, 15) is 4.79 Å². The molecule has 2 aliphatic rings. The number of para-hydroxylation sites is 1. The molecule has 0 radical (unpaired) electrons. The minimum Gasteiger partial charge on any atom is -0.492 e. The van der Waals surface area contributed by atoms with E-state index in [2.05, 4.69) is 12.2 Å². The van der Waals surface area contributed by atoms with E-state index in [0.29, 0.717) is 12.6 Å². The van der Waals surface area contributed by atoms with Crippen molar-refractivity contribution in [2.24, 2.45) is 0 Å². The summed E-state index contributed by atoms with van der Waals surface area (Å²) in [6.45, 7) is 5.05. The first-order valence-electron chi connectivity index (χ1n) is 6.49. The van der Waals surface area contributed by atoms with Gasteiger partial charge < -0.3 is 15.0 Å². The van der Waals surface area contributed by atoms with Crippen molar-refractivity contribution in [1.82, 2.24) is 10.2 Å². The molecule has 1 aromatic rings. The molecule has 96 valence electrons. The van der Waals surface area contributed by atoms with Gasteiger partial charge in [0.05, 0.1) is 0 Å². The van der Waals surface area contributed by atoms with E-state index >= 15 is 0 Å². The smallest absolute Gasteiger partial charge is 0.233 e. The minimum absolute atomic E-state index is 0.119. The van der Waals surface area contributed by atoms with E-state index in [1.165, 1.54) is 0 Å². The molecule has 2 heterocycles. The first kappa shape index (κ1) is 11.5. The molecular formula is C14H18N2O2. The number of amides is 1. The molecule has 0 aromatic heterocycles. The SMILES string of the molecule is C[C@H]1CN(C(=O)[C@H]2COc3ccccc32)CCN1. The number of rotatable bonds is 1. The molecule has 0 aliphatic carbocycles. The summed E-state index contributed by atoms with van der Waals surface area (Å²) in [4.78, 5) is 14.5. The Morgan fingerprint density at radius 2 is 2.28 bits per heavy atom. The lowest BCUT2D eigenvalue weighted by molar-refractivity contribution is -0.134. The monoisotopic (exact) mass is 246 g/mol. The van der Waals surface area contributed by atoms with Crippen molar-refractivity contribution in [1.29, 1.82) is 0 Å². The molecule has 0 saturated carbocycles. The summed E-state index contributed by atoms with van der Waals surface area (Å²) in [6.07, 6.45) is 0. The molecule has 1 N–H and O–H groups in total. The maximum absolute atomic E-state index is 12.5. The first-order valence-corrected chi connectivity index (χ1v) is 6.49. The summed E-state index contributed by atoms with van der Waals surface area (Å²) in [5, 5.41) is 3.35. The lowest BCUT2D eigenvalue weighted by Gasteiger charge is -2.33. The van der Waals surface area contributed by atoms with E-state index < -0.39 is 0 Å². The molecule has 2 aliphatic heterocycles. The normalized spacial score (nSPS) is 26.6. The van der Waals surface area contributed by atoms with Crippen LogP contribution in [0, 0.1) is 0 Å². The van der Waals surface area contributed by atoms with Crippen LogP contribution in [0.25, 0.3) is 0 Å². The Hall–Kier alpha value is -1.55. The number of carbonyl (C=O) groups excluding carboxylic acids is 1. The van der Waals surface area contributed by atoms with Crippen molar-refractivity contribution in [3.05, 3.63) is 29.8 Å². The average molecular weight is 246 g/mol. The molecule has 1 saturated heterocycles. The van der Waals surface area contributed by atoms with Crippen molar-refractivity contribution in [2.75, 3.05) is 26.2 Å². The Kier molecular flexibility index (Phi) is 2.96. The predicted molar refractivity (Wildman–Crippen MR) is 68.7 cm³/mol. The minimum atomic E-state index is -0.119. The highest BCUT2D eigenvalue weighted by Crippen LogP contribution is 2.34. The standard InChI is InChI=1S/C14H18N2O2/c1-10-8-16(7-6-15-10)14(17)12-9-18-13-5-3-2-4-11(12)13/h2-5,10,12,15H,6-9H2,1H3/t10-,12-/m0/s1. The Morgan fingerprint density at radius 3 is 3.11 bits per heavy atom. The molecule has 18 heavy (non-hydrogen) atoms. The molecule has 3 rings (SSSR count). The van der Waals surface area contributed by atoms with Gasteiger partial charge in [0.25, 0.3) is 0 Å². The molecule has 4 heteroatoms. The molecule has 4 nitrogen and oxygen atoms in total. The third-order valence-corrected chi connectivity index (χ3v) is 3.68. The van der Waals surface area contributed by atoms with E-state index in [0.717, 1.165) is 30.9 Å². The third kappa shape index (κ3) is 1.97. The summed E-state index contributed by atoms with van der Waals surface area (Å²) in [5.41, 5.74) is 1.04. The fourth-order valence-corrected chi connectivity index (χ4v) is 2.72. The predicted octanol–water partition coefficient (Wildman–Crippen LogP) is 0.983. The van der Waals surface area contributed by atoms with E-state index in [1.807, 2.05) is 29.2 Å². The Balaban J connectivity index is 1.78. The summed E-state index contributed by atoms with van der Waals surface area (Å²) in [6, 6.07) is 8.21. The first-order chi connectivity index (χ1) is 8.75. The number of benzene rings is 1. The molecule has 0 unspecified atom stereocenters. The van der Waals surface area contributed by atoms with Gasteiger partial charge in [-0.05, 0) is 13.0 Å². The van der Waals surface area contributed by atoms with Crippen LogP contribution < -0.4 is 10.1 Å². The molecule has 1 amide bonds. The Morgan fingerprint density at radius 1 is 1.44 bits per heavy atom. The van der Waals surface area contributed by atoms with Gasteiger partial charge in [-0.25, -0.2) is 0 Å². The quantitative estimate of drug-likeness (QED) is 0.803. The van der Waals surface area contributed by atoms with Crippen molar-refractivity contribution >= 4 is 5.91 Å². The molecule has 0 bridgehead atoms. The van der Waals surface area contributed by atoms with Crippen LogP contribution in [-0.2, 0) is 4.79 Å². The van der Waals surface area contributed by atoms with Crippen LogP contribution in [0.15, 0.2) is 24.3 Å². The van der Waals surface area contributed by atoms with Crippen molar-refractivity contribution in [3.8, 4) is 5.75 Å². The highest BCUT2D eigenvalue weighted by molar-refractivity contribution is 5.85. The van der Waals surface area contributed by atoms with Crippen LogP contribution in [0.5, 0.6) is 5.75 Å². The van der Waals surface area contributed by atoms with Crippen LogP contribution in [0.3, 0.4) is 0 Å². The van der Waals surface area contributed by atoms with Gasteiger partial charge in [0.15, 0.2) is 0 Å². The summed E-state index contributed by atoms with van der Waals surface area (Å²) >= 11 is 0. The lowest BCUT2D eigenvalue weighted by atomic mass is 9.99. The summed E-state index contributed by atoms with van der Waals surface area (Å²) < 4.78 is 5.59. The zero-order valence-corrected chi connectivity index (χ0v) is 10.6. The van der Waals surface area contributed by atoms with Gasteiger partial charge in [-0.1, -0.05) is 18.2 Å². The second-order valence-corrected chi connectivity index (χ2v) is 5.04. The second kappa shape index (κ2) is 4.61. The Bertz CT molecular complexity index is 461. The van der Waals surface area contributed by atoms with Crippen LogP contribution in [0.4, 0.5) is 0 Å². The van der Waals surface area contributed by atoms with Crippen LogP contribution in [-0.4, -0.2) is 43.1 Å². The fourth-order valence-electron chi connectivity index (χ4n) is 2.72. The summed E-state index contributed by atoms with van der Waals surface area (Å²) in [5.74, 6) is 0.943. The molecular weight excluding hydrogens is 228 g/mol. The number of piperazine rings is 1. The maximum atomic E-state index is 12.5. The van der Waals surface area contributed by atoms with Crippen LogP contribution in [0.2, 0.25) is 0 Å². The van der Waals surface area contributed by atoms with Crippen molar-refractivity contribution < 1.29 is 9.53 Å². The maximum Gasteiger partial charge on any atom is 0.233 e. The van der Waals surface area contributed by atoms with Gasteiger partial charge >= 0.3 is 0 Å². The zero-order chi connectivity index (χ0) is 12.5. The van der Waals surface area contributed by atoms with Crippen LogP contribution >= 0.6 is 0 Å². The fraction of sp³-hybridized carbons (Fsp3) is 0.500. The number of nitrogens with one attached hydrogen (secondary N) is 1.